The molecule has 0 saturated heterocycles. The van der Waals surface area contributed by atoms with E-state index in [-0.39, 0.29) is 11.3 Å². The van der Waals surface area contributed by atoms with E-state index < -0.39 is 22.9 Å². The third-order valence-corrected chi connectivity index (χ3v) is 4.04. The Kier molecular flexibility index (Phi) is 7.03. The van der Waals surface area contributed by atoms with Crippen LogP contribution in [0.1, 0.15) is 37.8 Å². The Bertz CT molecular complexity index is 888. The third-order valence-electron chi connectivity index (χ3n) is 4.04. The molecule has 0 unspecified atom stereocenters. The third kappa shape index (κ3) is 5.77. The molecule has 0 aromatic heterocycles. The van der Waals surface area contributed by atoms with E-state index in [1.165, 1.54) is 31.2 Å². The van der Waals surface area contributed by atoms with E-state index in [0.717, 1.165) is 11.6 Å². The Morgan fingerprint density at radius 3 is 2.32 bits per heavy atom. The van der Waals surface area contributed by atoms with Crippen molar-refractivity contribution in [1.29, 1.82) is 0 Å². The van der Waals surface area contributed by atoms with Gasteiger partial charge in [-0.3, -0.25) is 14.9 Å². The van der Waals surface area contributed by atoms with Crippen LogP contribution < -0.4 is 5.32 Å². The van der Waals surface area contributed by atoms with E-state index in [1.54, 1.807) is 18.2 Å². The second-order valence-electron chi connectivity index (χ2n) is 6.49. The van der Waals surface area contributed by atoms with Crippen LogP contribution in [0, 0.1) is 10.1 Å². The fraction of sp³-hybridized carbons (Fsp3) is 0.238. The van der Waals surface area contributed by atoms with E-state index in [9.17, 15) is 19.7 Å². The average Bonchev–Trinajstić information content (AvgIpc) is 2.66. The zero-order chi connectivity index (χ0) is 20.7. The molecule has 1 amide bonds. The lowest BCUT2D eigenvalue weighted by atomic mass is 10.0. The van der Waals surface area contributed by atoms with Crippen LogP contribution in [0.3, 0.4) is 0 Å². The second-order valence-corrected chi connectivity index (χ2v) is 6.49. The number of nitro benzene ring substituents is 1. The largest absolute Gasteiger partial charge is 0.449 e. The maximum atomic E-state index is 12.2. The molecule has 146 valence electrons. The number of nitrogens with zero attached hydrogens (tertiary/aromatic N) is 1. The summed E-state index contributed by atoms with van der Waals surface area (Å²) in [5.41, 5.74) is 1.90. The number of para-hydroxylation sites is 1. The van der Waals surface area contributed by atoms with Gasteiger partial charge in [0.15, 0.2) is 6.10 Å². The lowest BCUT2D eigenvalue weighted by Crippen LogP contribution is -2.29. The van der Waals surface area contributed by atoms with Crippen molar-refractivity contribution in [3.8, 4) is 0 Å². The van der Waals surface area contributed by atoms with Gasteiger partial charge in [0.05, 0.1) is 10.5 Å². The van der Waals surface area contributed by atoms with Crippen LogP contribution in [-0.2, 0) is 14.3 Å². The van der Waals surface area contributed by atoms with Crippen LogP contribution in [-0.4, -0.2) is 22.9 Å². The summed E-state index contributed by atoms with van der Waals surface area (Å²) in [6.45, 7) is 5.61. The topological polar surface area (TPSA) is 98.5 Å². The molecule has 0 fully saturated rings. The summed E-state index contributed by atoms with van der Waals surface area (Å²) in [4.78, 5) is 34.5. The lowest BCUT2D eigenvalue weighted by molar-refractivity contribution is -0.385. The first kappa shape index (κ1) is 20.8. The molecule has 2 aromatic carbocycles. The van der Waals surface area contributed by atoms with E-state index in [0.29, 0.717) is 11.6 Å². The van der Waals surface area contributed by atoms with Crippen molar-refractivity contribution >= 4 is 29.3 Å². The van der Waals surface area contributed by atoms with Crippen molar-refractivity contribution < 1.29 is 19.2 Å². The predicted molar refractivity (Wildman–Crippen MR) is 107 cm³/mol. The number of carbonyl (C=O) groups is 2. The van der Waals surface area contributed by atoms with Gasteiger partial charge in [0, 0.05) is 17.8 Å². The molecule has 2 aromatic rings. The van der Waals surface area contributed by atoms with Gasteiger partial charge in [-0.25, -0.2) is 4.79 Å². The zero-order valence-electron chi connectivity index (χ0n) is 15.9. The number of esters is 1. The Hall–Kier alpha value is -3.48. The number of anilines is 1. The summed E-state index contributed by atoms with van der Waals surface area (Å²) >= 11 is 0. The van der Waals surface area contributed by atoms with Gasteiger partial charge in [0.1, 0.15) is 0 Å². The number of hydrogen-bond acceptors (Lipinski definition) is 5. The number of ether oxygens (including phenoxy) is 1. The highest BCUT2D eigenvalue weighted by Crippen LogP contribution is 2.19. The van der Waals surface area contributed by atoms with E-state index >= 15 is 0 Å². The molecule has 0 radical (unpaired) electrons. The van der Waals surface area contributed by atoms with Gasteiger partial charge in [-0.15, -0.1) is 0 Å². The molecular weight excluding hydrogens is 360 g/mol. The first-order valence-corrected chi connectivity index (χ1v) is 8.81. The monoisotopic (exact) mass is 382 g/mol. The Labute approximate surface area is 163 Å². The zero-order valence-corrected chi connectivity index (χ0v) is 15.9. The number of nitro groups is 1. The molecule has 1 atom stereocenters. The minimum absolute atomic E-state index is 0.123. The number of carbonyl (C=O) groups excluding carboxylic acids is 2. The molecule has 2 rings (SSSR count). The van der Waals surface area contributed by atoms with Crippen molar-refractivity contribution in [1.82, 2.24) is 0 Å². The fourth-order valence-corrected chi connectivity index (χ4v) is 2.41. The maximum Gasteiger partial charge on any atom is 0.331 e. The molecule has 0 spiro atoms. The summed E-state index contributed by atoms with van der Waals surface area (Å²) < 4.78 is 5.06. The minimum atomic E-state index is -1.02. The van der Waals surface area contributed by atoms with Gasteiger partial charge in [0.25, 0.3) is 11.6 Å². The number of rotatable bonds is 7. The smallest absolute Gasteiger partial charge is 0.331 e. The molecule has 0 aliphatic carbocycles. The molecule has 0 bridgehead atoms. The Morgan fingerprint density at radius 2 is 1.71 bits per heavy atom. The molecule has 1 N–H and O–H groups in total. The van der Waals surface area contributed by atoms with Gasteiger partial charge in [0.2, 0.25) is 0 Å². The molecule has 28 heavy (non-hydrogen) atoms. The molecule has 0 saturated carbocycles. The number of hydrogen-bond donors (Lipinski definition) is 1. The van der Waals surface area contributed by atoms with E-state index in [2.05, 4.69) is 19.2 Å². The molecule has 7 heteroatoms. The van der Waals surface area contributed by atoms with Crippen LogP contribution in [0.2, 0.25) is 0 Å². The van der Waals surface area contributed by atoms with Crippen molar-refractivity contribution in [2.75, 3.05) is 5.32 Å². The SMILES string of the molecule is CC(C)c1ccc(NC(=O)[C@H](C)OC(=O)/C=C/c2ccccc2[N+](=O)[O-])cc1. The van der Waals surface area contributed by atoms with Crippen LogP contribution >= 0.6 is 0 Å². The van der Waals surface area contributed by atoms with E-state index in [1.807, 2.05) is 12.1 Å². The van der Waals surface area contributed by atoms with Gasteiger partial charge < -0.3 is 10.1 Å². The number of amides is 1. The van der Waals surface area contributed by atoms with Gasteiger partial charge in [-0.1, -0.05) is 38.1 Å². The van der Waals surface area contributed by atoms with Gasteiger partial charge >= 0.3 is 5.97 Å². The lowest BCUT2D eigenvalue weighted by Gasteiger charge is -2.13. The first-order chi connectivity index (χ1) is 13.3. The molecule has 7 nitrogen and oxygen atoms in total. The molecule has 0 aliphatic rings. The summed E-state index contributed by atoms with van der Waals surface area (Å²) in [6, 6.07) is 13.4. The van der Waals surface area contributed by atoms with Crippen molar-refractivity contribution in [3.05, 3.63) is 75.8 Å². The highest BCUT2D eigenvalue weighted by atomic mass is 16.6. The first-order valence-electron chi connectivity index (χ1n) is 8.81. The number of nitrogens with one attached hydrogen (secondary N) is 1. The molecule has 0 heterocycles. The fourth-order valence-electron chi connectivity index (χ4n) is 2.41. The summed E-state index contributed by atoms with van der Waals surface area (Å²) in [7, 11) is 0. The summed E-state index contributed by atoms with van der Waals surface area (Å²) in [6.07, 6.45) is 1.33. The van der Waals surface area contributed by atoms with Gasteiger partial charge in [-0.2, -0.15) is 0 Å². The van der Waals surface area contributed by atoms with Crippen LogP contribution in [0.25, 0.3) is 6.08 Å². The standard InChI is InChI=1S/C21H22N2O5/c1-14(2)16-8-11-18(12-9-16)22-21(25)15(3)28-20(24)13-10-17-6-4-5-7-19(17)23(26)27/h4-15H,1-3H3,(H,22,25)/b13-10+/t15-/m0/s1. The normalized spacial score (nSPS) is 12.0. The Morgan fingerprint density at radius 1 is 1.07 bits per heavy atom. The van der Waals surface area contributed by atoms with Crippen molar-refractivity contribution in [3.63, 3.8) is 0 Å². The van der Waals surface area contributed by atoms with E-state index in [4.69, 9.17) is 4.74 Å². The maximum absolute atomic E-state index is 12.2. The average molecular weight is 382 g/mol. The molecular formula is C21H22N2O5. The van der Waals surface area contributed by atoms with Crippen LogP contribution in [0.5, 0.6) is 0 Å². The Balaban J connectivity index is 1.94. The van der Waals surface area contributed by atoms with Crippen LogP contribution in [0.15, 0.2) is 54.6 Å². The predicted octanol–water partition coefficient (Wildman–Crippen LogP) is 4.30. The quantitative estimate of drug-likeness (QED) is 0.333. The number of benzene rings is 2. The van der Waals surface area contributed by atoms with Gasteiger partial charge in [-0.05, 0) is 42.7 Å². The molecule has 0 aliphatic heterocycles. The van der Waals surface area contributed by atoms with Crippen LogP contribution in [0.4, 0.5) is 11.4 Å². The minimum Gasteiger partial charge on any atom is -0.449 e. The summed E-state index contributed by atoms with van der Waals surface area (Å²) in [5.74, 6) is -0.849. The summed E-state index contributed by atoms with van der Waals surface area (Å²) in [5, 5.41) is 13.6. The highest BCUT2D eigenvalue weighted by Gasteiger charge is 2.17. The van der Waals surface area contributed by atoms with Crippen molar-refractivity contribution in [2.45, 2.75) is 32.8 Å². The highest BCUT2D eigenvalue weighted by molar-refractivity contribution is 5.96. The second kappa shape index (κ2) is 9.45. The van der Waals surface area contributed by atoms with Crippen molar-refractivity contribution in [2.24, 2.45) is 0 Å².